The van der Waals surface area contributed by atoms with E-state index in [0.29, 0.717) is 11.5 Å². The Kier molecular flexibility index (Phi) is 4.93. The van der Waals surface area contributed by atoms with Crippen molar-refractivity contribution in [1.82, 2.24) is 4.57 Å². The highest BCUT2D eigenvalue weighted by molar-refractivity contribution is 5.98. The Bertz CT molecular complexity index is 1120. The van der Waals surface area contributed by atoms with Gasteiger partial charge in [-0.1, -0.05) is 12.1 Å². The molecule has 7 nitrogen and oxygen atoms in total. The van der Waals surface area contributed by atoms with Gasteiger partial charge >= 0.3 is 0 Å². The minimum Gasteiger partial charge on any atom is -0.388 e. The smallest absolute Gasteiger partial charge is 0.164 e. The van der Waals surface area contributed by atoms with E-state index in [4.69, 9.17) is 4.74 Å². The molecule has 1 saturated heterocycles. The van der Waals surface area contributed by atoms with E-state index in [2.05, 4.69) is 10.4 Å². The van der Waals surface area contributed by atoms with Crippen molar-refractivity contribution in [2.45, 2.75) is 18.4 Å². The zero-order chi connectivity index (χ0) is 21.5. The molecular formula is C22H20F2N4O3. The Morgan fingerprint density at radius 2 is 1.68 bits per heavy atom. The monoisotopic (exact) mass is 426 g/mol. The first-order chi connectivity index (χ1) is 15.0. The molecule has 2 aromatic carbocycles. The third kappa shape index (κ3) is 3.56. The number of anilines is 2. The summed E-state index contributed by atoms with van der Waals surface area (Å²) in [5.41, 5.74) is 6.12. The van der Waals surface area contributed by atoms with Crippen molar-refractivity contribution >= 4 is 17.7 Å². The molecule has 0 saturated carbocycles. The van der Waals surface area contributed by atoms with Crippen LogP contribution in [-0.2, 0) is 4.74 Å². The summed E-state index contributed by atoms with van der Waals surface area (Å²) in [5.74, 6) is -0.0406. The normalized spacial score (nSPS) is 22.6. The molecule has 5 rings (SSSR count). The molecule has 2 aliphatic rings. The largest absolute Gasteiger partial charge is 0.388 e. The quantitative estimate of drug-likeness (QED) is 0.598. The number of aliphatic hydroxyl groups excluding tert-OH is 2. The first-order valence-electron chi connectivity index (χ1n) is 9.79. The summed E-state index contributed by atoms with van der Waals surface area (Å²) in [5, 5.41) is 22.2. The number of aliphatic hydroxyl groups is 2. The number of fused-ring (bicyclic) bond motifs is 1. The van der Waals surface area contributed by atoms with E-state index in [1.807, 2.05) is 0 Å². The van der Waals surface area contributed by atoms with Gasteiger partial charge in [0.1, 0.15) is 36.3 Å². The van der Waals surface area contributed by atoms with E-state index in [-0.39, 0.29) is 24.9 Å². The third-order valence-electron chi connectivity index (χ3n) is 5.40. The van der Waals surface area contributed by atoms with Crippen LogP contribution < -0.4 is 10.4 Å². The SMILES string of the molecule is O[C@@H]1[C@H](O)CO[C@H]1n1cc(-c2ccc(F)cc2)c2c1N(Nc1ccc(F)cc1)CN=C2. The zero-order valence-electron chi connectivity index (χ0n) is 16.3. The van der Waals surface area contributed by atoms with Gasteiger partial charge in [0, 0.05) is 23.5 Å². The van der Waals surface area contributed by atoms with Gasteiger partial charge in [-0.2, -0.15) is 0 Å². The minimum absolute atomic E-state index is 0.00412. The molecule has 0 unspecified atom stereocenters. The van der Waals surface area contributed by atoms with Gasteiger partial charge in [0.05, 0.1) is 12.3 Å². The number of hydrazine groups is 1. The van der Waals surface area contributed by atoms with Gasteiger partial charge in [0.15, 0.2) is 6.23 Å². The lowest BCUT2D eigenvalue weighted by Crippen LogP contribution is -2.37. The number of halogens is 2. The number of rotatable bonds is 4. The molecule has 0 amide bonds. The molecule has 3 atom stereocenters. The zero-order valence-corrected chi connectivity index (χ0v) is 16.3. The van der Waals surface area contributed by atoms with Crippen molar-refractivity contribution in [2.24, 2.45) is 4.99 Å². The molecule has 3 aromatic rings. The maximum absolute atomic E-state index is 13.5. The molecule has 31 heavy (non-hydrogen) atoms. The number of ether oxygens (including phenoxy) is 1. The topological polar surface area (TPSA) is 82.2 Å². The number of aliphatic imine (C=N–C) groups is 1. The number of nitrogens with zero attached hydrogens (tertiary/aromatic N) is 3. The number of aromatic nitrogens is 1. The predicted molar refractivity (Wildman–Crippen MR) is 112 cm³/mol. The van der Waals surface area contributed by atoms with Gasteiger partial charge in [-0.25, -0.2) is 13.8 Å². The molecule has 0 bridgehead atoms. The Morgan fingerprint density at radius 3 is 2.32 bits per heavy atom. The van der Waals surface area contributed by atoms with Crippen molar-refractivity contribution in [3.8, 4) is 11.1 Å². The van der Waals surface area contributed by atoms with Crippen LogP contribution in [0.3, 0.4) is 0 Å². The van der Waals surface area contributed by atoms with Crippen LogP contribution in [0, 0.1) is 11.6 Å². The number of hydrogen-bond donors (Lipinski definition) is 3. The second-order valence-corrected chi connectivity index (χ2v) is 7.48. The summed E-state index contributed by atoms with van der Waals surface area (Å²) >= 11 is 0. The highest BCUT2D eigenvalue weighted by Crippen LogP contribution is 2.39. The highest BCUT2D eigenvalue weighted by atomic mass is 19.1. The Balaban J connectivity index is 1.61. The average molecular weight is 426 g/mol. The van der Waals surface area contributed by atoms with E-state index >= 15 is 0 Å². The van der Waals surface area contributed by atoms with Gasteiger partial charge in [0.25, 0.3) is 0 Å². The molecule has 3 N–H and O–H groups in total. The van der Waals surface area contributed by atoms with Crippen LogP contribution in [0.2, 0.25) is 0 Å². The fraction of sp³-hybridized carbons (Fsp3) is 0.227. The Labute approximate surface area is 176 Å². The molecule has 1 fully saturated rings. The van der Waals surface area contributed by atoms with Crippen LogP contribution in [0.4, 0.5) is 20.3 Å². The summed E-state index contributed by atoms with van der Waals surface area (Å²) in [6, 6.07) is 12.0. The lowest BCUT2D eigenvalue weighted by molar-refractivity contribution is -0.0172. The molecule has 0 spiro atoms. The Hall–Kier alpha value is -3.27. The maximum atomic E-state index is 13.5. The number of benzene rings is 2. The van der Waals surface area contributed by atoms with Crippen molar-refractivity contribution in [3.63, 3.8) is 0 Å². The van der Waals surface area contributed by atoms with Crippen LogP contribution in [-0.4, -0.2) is 46.5 Å². The third-order valence-corrected chi connectivity index (χ3v) is 5.40. The minimum atomic E-state index is -1.12. The molecule has 160 valence electrons. The fourth-order valence-electron chi connectivity index (χ4n) is 3.87. The van der Waals surface area contributed by atoms with Gasteiger partial charge in [-0.15, -0.1) is 0 Å². The average Bonchev–Trinajstić information content (AvgIpc) is 3.31. The van der Waals surface area contributed by atoms with Crippen molar-refractivity contribution in [1.29, 1.82) is 0 Å². The predicted octanol–water partition coefficient (Wildman–Crippen LogP) is 2.91. The summed E-state index contributed by atoms with van der Waals surface area (Å²) in [6.45, 7) is 0.257. The molecule has 9 heteroatoms. The number of hydrogen-bond acceptors (Lipinski definition) is 6. The van der Waals surface area contributed by atoms with Crippen LogP contribution >= 0.6 is 0 Å². The highest BCUT2D eigenvalue weighted by Gasteiger charge is 2.39. The second kappa shape index (κ2) is 7.77. The van der Waals surface area contributed by atoms with E-state index in [1.54, 1.807) is 46.3 Å². The summed E-state index contributed by atoms with van der Waals surface area (Å²) < 4.78 is 34.2. The van der Waals surface area contributed by atoms with Crippen molar-refractivity contribution in [2.75, 3.05) is 23.7 Å². The molecule has 0 aliphatic carbocycles. The lowest BCUT2D eigenvalue weighted by Gasteiger charge is -2.31. The standard InChI is InChI=1S/C22H20F2N4O3/c23-14-3-1-13(2-4-14)18-10-27(22-20(30)19(29)11-31-22)21-17(18)9-25-12-28(21)26-16-7-5-15(24)6-8-16/h1-10,19-20,22,26,29-30H,11-12H2/t19-,20-,22-/m1/s1. The molecule has 2 aliphatic heterocycles. The van der Waals surface area contributed by atoms with E-state index in [9.17, 15) is 19.0 Å². The van der Waals surface area contributed by atoms with Gasteiger partial charge in [-0.3, -0.25) is 10.4 Å². The first kappa shape index (κ1) is 19.7. The van der Waals surface area contributed by atoms with Crippen LogP contribution in [0.5, 0.6) is 0 Å². The maximum Gasteiger partial charge on any atom is 0.164 e. The van der Waals surface area contributed by atoms with Crippen LogP contribution in [0.25, 0.3) is 11.1 Å². The number of nitrogens with one attached hydrogen (secondary N) is 1. The molecular weight excluding hydrogens is 406 g/mol. The molecule has 1 aromatic heterocycles. The molecule has 0 radical (unpaired) electrons. The van der Waals surface area contributed by atoms with Gasteiger partial charge < -0.3 is 19.5 Å². The first-order valence-corrected chi connectivity index (χ1v) is 9.79. The lowest BCUT2D eigenvalue weighted by atomic mass is 10.0. The van der Waals surface area contributed by atoms with Crippen molar-refractivity contribution in [3.05, 3.63) is 71.9 Å². The summed E-state index contributed by atoms with van der Waals surface area (Å²) in [4.78, 5) is 4.42. The van der Waals surface area contributed by atoms with Gasteiger partial charge in [0.2, 0.25) is 0 Å². The van der Waals surface area contributed by atoms with Crippen molar-refractivity contribution < 1.29 is 23.7 Å². The van der Waals surface area contributed by atoms with Crippen LogP contribution in [0.15, 0.2) is 59.7 Å². The fourth-order valence-corrected chi connectivity index (χ4v) is 3.87. The summed E-state index contributed by atoms with van der Waals surface area (Å²) in [6.07, 6.45) is 0.560. The van der Waals surface area contributed by atoms with Crippen LogP contribution in [0.1, 0.15) is 11.8 Å². The van der Waals surface area contributed by atoms with E-state index in [0.717, 1.165) is 16.7 Å². The summed E-state index contributed by atoms with van der Waals surface area (Å²) in [7, 11) is 0. The molecule has 3 heterocycles. The van der Waals surface area contributed by atoms with E-state index < -0.39 is 18.4 Å². The van der Waals surface area contributed by atoms with Gasteiger partial charge in [-0.05, 0) is 42.0 Å². The second-order valence-electron chi connectivity index (χ2n) is 7.48. The van der Waals surface area contributed by atoms with E-state index in [1.165, 1.54) is 24.3 Å². The Morgan fingerprint density at radius 1 is 1.00 bits per heavy atom.